The molecule has 0 unspecified atom stereocenters. The minimum atomic E-state index is -3.63. The van der Waals surface area contributed by atoms with E-state index in [2.05, 4.69) is 81.6 Å². The largest absolute Gasteiger partial charge is 0.417 e. The molecule has 1 heterocycles. The SMILES string of the molecule is C[C@H](CO[Si](C)(C)C(C)(C)C)[C@H]1CC[C@H]2[C@@H](O[Si](C)(C)C(C)(C)C)[C@H](OS(C)(=O)=O)[C@@H]3O[C@@H]3[C@]12C. The summed E-state index contributed by atoms with van der Waals surface area (Å²) in [7, 11) is -7.64. The summed E-state index contributed by atoms with van der Waals surface area (Å²) in [4.78, 5) is 0. The first-order chi connectivity index (χ1) is 15.5. The summed E-state index contributed by atoms with van der Waals surface area (Å²) >= 11 is 0. The van der Waals surface area contributed by atoms with Crippen molar-refractivity contribution >= 4 is 26.8 Å². The molecule has 3 fully saturated rings. The molecule has 0 radical (unpaired) electrons. The van der Waals surface area contributed by atoms with Crippen molar-refractivity contribution in [3.63, 3.8) is 0 Å². The van der Waals surface area contributed by atoms with Gasteiger partial charge >= 0.3 is 0 Å². The Balaban J connectivity index is 1.89. The van der Waals surface area contributed by atoms with Gasteiger partial charge in [0.05, 0.1) is 18.5 Å². The van der Waals surface area contributed by atoms with Crippen molar-refractivity contribution in [2.45, 2.75) is 129 Å². The maximum Gasteiger partial charge on any atom is 0.264 e. The molecule has 0 N–H and O–H groups in total. The number of hydrogen-bond acceptors (Lipinski definition) is 6. The van der Waals surface area contributed by atoms with Crippen LogP contribution in [-0.2, 0) is 27.9 Å². The zero-order valence-corrected chi connectivity index (χ0v) is 27.3. The monoisotopic (exact) mass is 548 g/mol. The molecule has 0 spiro atoms. The van der Waals surface area contributed by atoms with E-state index < -0.39 is 32.9 Å². The van der Waals surface area contributed by atoms with E-state index in [0.29, 0.717) is 11.8 Å². The Morgan fingerprint density at radius 2 is 1.51 bits per heavy atom. The van der Waals surface area contributed by atoms with Gasteiger partial charge in [-0.25, -0.2) is 0 Å². The van der Waals surface area contributed by atoms with Gasteiger partial charge in [0, 0.05) is 12.0 Å². The zero-order valence-electron chi connectivity index (χ0n) is 24.5. The Bertz CT molecular complexity index is 890. The molecular formula is C26H52O6SSi2. The van der Waals surface area contributed by atoms with Gasteiger partial charge in [-0.15, -0.1) is 0 Å². The molecule has 2 saturated carbocycles. The van der Waals surface area contributed by atoms with Gasteiger partial charge in [-0.3, -0.25) is 4.18 Å². The predicted octanol–water partition coefficient (Wildman–Crippen LogP) is 6.19. The van der Waals surface area contributed by atoms with E-state index in [9.17, 15) is 8.42 Å². The van der Waals surface area contributed by atoms with Crippen LogP contribution in [0.25, 0.3) is 0 Å². The summed E-state index contributed by atoms with van der Waals surface area (Å²) in [6.07, 6.45) is 2.16. The molecule has 0 aromatic rings. The van der Waals surface area contributed by atoms with E-state index in [1.165, 1.54) is 0 Å². The van der Waals surface area contributed by atoms with E-state index in [0.717, 1.165) is 25.7 Å². The second-order valence-electron chi connectivity index (χ2n) is 14.8. The summed E-state index contributed by atoms with van der Waals surface area (Å²) in [6.45, 7) is 28.1. The minimum Gasteiger partial charge on any atom is -0.417 e. The van der Waals surface area contributed by atoms with Crippen LogP contribution in [-0.4, -0.2) is 62.3 Å². The number of epoxide rings is 1. The van der Waals surface area contributed by atoms with Gasteiger partial charge in [-0.05, 0) is 66.9 Å². The molecule has 2 aliphatic carbocycles. The third-order valence-corrected chi connectivity index (χ3v) is 19.8. The lowest BCUT2D eigenvalue weighted by Crippen LogP contribution is -2.59. The fourth-order valence-electron chi connectivity index (χ4n) is 6.03. The normalized spacial score (nSPS) is 37.1. The smallest absolute Gasteiger partial charge is 0.264 e. The van der Waals surface area contributed by atoms with Crippen LogP contribution < -0.4 is 0 Å². The van der Waals surface area contributed by atoms with Crippen molar-refractivity contribution in [2.75, 3.05) is 12.9 Å². The molecule has 8 atom stereocenters. The molecule has 3 aliphatic rings. The molecule has 0 amide bonds. The highest BCUT2D eigenvalue weighted by Gasteiger charge is 2.72. The number of fused-ring (bicyclic) bond motifs is 3. The molecule has 9 heteroatoms. The Morgan fingerprint density at radius 3 is 2.00 bits per heavy atom. The van der Waals surface area contributed by atoms with Crippen LogP contribution in [0.4, 0.5) is 0 Å². The van der Waals surface area contributed by atoms with Gasteiger partial charge in [-0.2, -0.15) is 8.42 Å². The van der Waals surface area contributed by atoms with Crippen molar-refractivity contribution in [1.82, 2.24) is 0 Å². The first-order valence-electron chi connectivity index (χ1n) is 13.4. The summed E-state index contributed by atoms with van der Waals surface area (Å²) < 4.78 is 50.1. The third kappa shape index (κ3) is 5.66. The van der Waals surface area contributed by atoms with E-state index in [4.69, 9.17) is 17.8 Å². The fourth-order valence-corrected chi connectivity index (χ4v) is 9.10. The first-order valence-corrected chi connectivity index (χ1v) is 21.0. The van der Waals surface area contributed by atoms with Crippen LogP contribution in [0.2, 0.25) is 36.3 Å². The number of rotatable bonds is 8. The topological polar surface area (TPSA) is 74.4 Å². The molecule has 0 bridgehead atoms. The van der Waals surface area contributed by atoms with Crippen LogP contribution >= 0.6 is 0 Å². The van der Waals surface area contributed by atoms with Crippen LogP contribution in [0, 0.1) is 23.2 Å². The lowest BCUT2D eigenvalue weighted by Gasteiger charge is -2.50. The van der Waals surface area contributed by atoms with Gasteiger partial charge in [0.25, 0.3) is 10.1 Å². The Hall–Kier alpha value is 0.224. The van der Waals surface area contributed by atoms with Gasteiger partial charge < -0.3 is 13.6 Å². The zero-order chi connectivity index (χ0) is 27.0. The summed E-state index contributed by atoms with van der Waals surface area (Å²) in [5.74, 6) is 1.04. The Labute approximate surface area is 217 Å². The van der Waals surface area contributed by atoms with Crippen molar-refractivity contribution in [3.8, 4) is 0 Å². The summed E-state index contributed by atoms with van der Waals surface area (Å²) in [5, 5.41) is 0.200. The van der Waals surface area contributed by atoms with Crippen molar-refractivity contribution in [2.24, 2.45) is 23.2 Å². The van der Waals surface area contributed by atoms with Crippen molar-refractivity contribution < 1.29 is 26.2 Å². The first kappa shape index (κ1) is 29.8. The highest BCUT2D eigenvalue weighted by Crippen LogP contribution is 2.65. The lowest BCUT2D eigenvalue weighted by molar-refractivity contribution is -0.0654. The second kappa shape index (κ2) is 9.16. The molecule has 0 aromatic heterocycles. The Morgan fingerprint density at radius 1 is 0.971 bits per heavy atom. The molecular weight excluding hydrogens is 497 g/mol. The van der Waals surface area contributed by atoms with Crippen molar-refractivity contribution in [1.29, 1.82) is 0 Å². The maximum absolute atomic E-state index is 12.2. The lowest BCUT2D eigenvalue weighted by atomic mass is 9.61. The molecule has 1 aliphatic heterocycles. The summed E-state index contributed by atoms with van der Waals surface area (Å²) in [6, 6.07) is 0. The van der Waals surface area contributed by atoms with Gasteiger partial charge in [-0.1, -0.05) is 55.4 Å². The maximum atomic E-state index is 12.2. The van der Waals surface area contributed by atoms with E-state index in [1.807, 2.05) is 0 Å². The predicted molar refractivity (Wildman–Crippen MR) is 147 cm³/mol. The minimum absolute atomic E-state index is 0.0151. The molecule has 206 valence electrons. The fraction of sp³-hybridized carbons (Fsp3) is 1.00. The van der Waals surface area contributed by atoms with Gasteiger partial charge in [0.2, 0.25) is 0 Å². The van der Waals surface area contributed by atoms with E-state index in [-0.39, 0.29) is 39.7 Å². The highest BCUT2D eigenvalue weighted by atomic mass is 32.2. The van der Waals surface area contributed by atoms with E-state index in [1.54, 1.807) is 0 Å². The van der Waals surface area contributed by atoms with Crippen LogP contribution in [0.15, 0.2) is 0 Å². The average Bonchev–Trinajstić information content (AvgIpc) is 3.37. The van der Waals surface area contributed by atoms with Crippen LogP contribution in [0.1, 0.15) is 68.2 Å². The number of hydrogen-bond donors (Lipinski definition) is 0. The third-order valence-electron chi connectivity index (χ3n) is 10.3. The van der Waals surface area contributed by atoms with E-state index >= 15 is 0 Å². The quantitative estimate of drug-likeness (QED) is 0.204. The second-order valence-corrected chi connectivity index (χ2v) is 26.0. The number of ether oxygens (including phenoxy) is 1. The molecule has 6 nitrogen and oxygen atoms in total. The highest BCUT2D eigenvalue weighted by molar-refractivity contribution is 7.86. The van der Waals surface area contributed by atoms with Gasteiger partial charge in [0.15, 0.2) is 16.6 Å². The van der Waals surface area contributed by atoms with Crippen LogP contribution in [0.5, 0.6) is 0 Å². The molecule has 1 saturated heterocycles. The Kier molecular flexibility index (Phi) is 7.79. The molecule has 35 heavy (non-hydrogen) atoms. The summed E-state index contributed by atoms with van der Waals surface area (Å²) in [5.41, 5.74) is -0.0781. The van der Waals surface area contributed by atoms with Crippen molar-refractivity contribution in [3.05, 3.63) is 0 Å². The standard InChI is InChI=1S/C26H52O6SSi2/c1-17(16-29-34(10,11)24(2,3)4)18-14-15-19-20(32-35(12,13)25(5,6)7)21(31-33(9,27)28)22-23(30-22)26(18,19)8/h17-23H,14-16H2,1-13H3/t17-,18-,19+,20-,21+,22+,23+,26-/m1/s1. The molecule has 3 rings (SSSR count). The van der Waals surface area contributed by atoms with Gasteiger partial charge in [0.1, 0.15) is 12.2 Å². The average molecular weight is 549 g/mol. The molecule has 0 aromatic carbocycles. The van der Waals surface area contributed by atoms with Crippen LogP contribution in [0.3, 0.4) is 0 Å².